The first kappa shape index (κ1) is 13.6. The Bertz CT molecular complexity index is 400. The molecule has 0 saturated carbocycles. The third kappa shape index (κ3) is 3.36. The molecule has 0 bridgehead atoms. The number of likely N-dealkylation sites (tertiary alicyclic amines) is 1. The lowest BCUT2D eigenvalue weighted by Crippen LogP contribution is -2.37. The van der Waals surface area contributed by atoms with Crippen LogP contribution in [0.3, 0.4) is 0 Å². The quantitative estimate of drug-likeness (QED) is 0.853. The van der Waals surface area contributed by atoms with Gasteiger partial charge in [0, 0.05) is 6.04 Å². The van der Waals surface area contributed by atoms with Crippen molar-refractivity contribution in [1.82, 2.24) is 9.88 Å². The largest absolute Gasteiger partial charge is 0.381 e. The first-order valence-electron chi connectivity index (χ1n) is 6.64. The number of rotatable bonds is 3. The van der Waals surface area contributed by atoms with Gasteiger partial charge in [-0.05, 0) is 64.9 Å². The molecule has 0 amide bonds. The Kier molecular flexibility index (Phi) is 4.46. The number of piperidine rings is 1. The number of hydrogen-bond acceptors (Lipinski definition) is 3. The average molecular weight is 268 g/mol. The monoisotopic (exact) mass is 267 g/mol. The second kappa shape index (κ2) is 5.89. The van der Waals surface area contributed by atoms with Gasteiger partial charge in [-0.15, -0.1) is 0 Å². The zero-order valence-corrected chi connectivity index (χ0v) is 12.2. The van der Waals surface area contributed by atoms with E-state index in [1.807, 2.05) is 19.1 Å². The van der Waals surface area contributed by atoms with Crippen molar-refractivity contribution in [3.63, 3.8) is 0 Å². The van der Waals surface area contributed by atoms with Gasteiger partial charge in [0.2, 0.25) is 0 Å². The van der Waals surface area contributed by atoms with E-state index in [-0.39, 0.29) is 0 Å². The SMILES string of the molecule is Cc1nc(Cl)ccc1NC(C)C1CCN(C)CC1. The van der Waals surface area contributed by atoms with Crippen LogP contribution in [0, 0.1) is 12.8 Å². The summed E-state index contributed by atoms with van der Waals surface area (Å²) in [6, 6.07) is 4.36. The molecule has 100 valence electrons. The number of aromatic nitrogens is 1. The van der Waals surface area contributed by atoms with E-state index in [2.05, 4.69) is 29.2 Å². The summed E-state index contributed by atoms with van der Waals surface area (Å²) in [7, 11) is 2.20. The number of hydrogen-bond donors (Lipinski definition) is 1. The Balaban J connectivity index is 1.96. The smallest absolute Gasteiger partial charge is 0.129 e. The zero-order valence-electron chi connectivity index (χ0n) is 11.4. The summed E-state index contributed by atoms with van der Waals surface area (Å²) in [5.41, 5.74) is 2.08. The molecule has 1 atom stereocenters. The topological polar surface area (TPSA) is 28.2 Å². The van der Waals surface area contributed by atoms with Crippen molar-refractivity contribution in [3.05, 3.63) is 23.0 Å². The number of anilines is 1. The van der Waals surface area contributed by atoms with Crippen LogP contribution in [0.2, 0.25) is 5.15 Å². The lowest BCUT2D eigenvalue weighted by Gasteiger charge is -2.33. The minimum absolute atomic E-state index is 0.486. The van der Waals surface area contributed by atoms with Crippen LogP contribution in [0.15, 0.2) is 12.1 Å². The molecule has 1 aromatic rings. The normalized spacial score (nSPS) is 19.8. The fourth-order valence-electron chi connectivity index (χ4n) is 2.57. The summed E-state index contributed by atoms with van der Waals surface area (Å²) in [5.74, 6) is 0.747. The number of aryl methyl sites for hydroxylation is 1. The van der Waals surface area contributed by atoms with E-state index in [1.165, 1.54) is 25.9 Å². The van der Waals surface area contributed by atoms with Gasteiger partial charge in [-0.3, -0.25) is 0 Å². The zero-order chi connectivity index (χ0) is 13.1. The van der Waals surface area contributed by atoms with E-state index in [4.69, 9.17) is 11.6 Å². The molecular weight excluding hydrogens is 246 g/mol. The Morgan fingerprint density at radius 3 is 2.67 bits per heavy atom. The van der Waals surface area contributed by atoms with Gasteiger partial charge in [-0.2, -0.15) is 0 Å². The van der Waals surface area contributed by atoms with E-state index in [0.717, 1.165) is 17.3 Å². The molecule has 1 saturated heterocycles. The fourth-order valence-corrected chi connectivity index (χ4v) is 2.76. The number of pyridine rings is 1. The van der Waals surface area contributed by atoms with E-state index in [0.29, 0.717) is 11.2 Å². The van der Waals surface area contributed by atoms with Crippen LogP contribution in [-0.4, -0.2) is 36.1 Å². The maximum Gasteiger partial charge on any atom is 0.129 e. The summed E-state index contributed by atoms with van der Waals surface area (Å²) >= 11 is 5.87. The fraction of sp³-hybridized carbons (Fsp3) is 0.643. The highest BCUT2D eigenvalue weighted by molar-refractivity contribution is 6.29. The van der Waals surface area contributed by atoms with Gasteiger partial charge in [0.25, 0.3) is 0 Å². The van der Waals surface area contributed by atoms with Gasteiger partial charge >= 0.3 is 0 Å². The molecule has 0 spiro atoms. The molecule has 4 heteroatoms. The number of nitrogens with zero attached hydrogens (tertiary/aromatic N) is 2. The van der Waals surface area contributed by atoms with Crippen LogP contribution < -0.4 is 5.32 Å². The van der Waals surface area contributed by atoms with E-state index in [1.54, 1.807) is 0 Å². The molecule has 0 aromatic carbocycles. The molecule has 3 nitrogen and oxygen atoms in total. The molecule has 2 rings (SSSR count). The third-order valence-electron chi connectivity index (χ3n) is 3.91. The van der Waals surface area contributed by atoms with Crippen LogP contribution in [0.25, 0.3) is 0 Å². The van der Waals surface area contributed by atoms with Crippen molar-refractivity contribution in [3.8, 4) is 0 Å². The number of nitrogens with one attached hydrogen (secondary N) is 1. The first-order valence-corrected chi connectivity index (χ1v) is 7.02. The van der Waals surface area contributed by atoms with Gasteiger partial charge in [0.05, 0.1) is 11.4 Å². The minimum Gasteiger partial charge on any atom is -0.381 e. The molecule has 2 heterocycles. The predicted octanol–water partition coefficient (Wildman–Crippen LogP) is 3.19. The summed E-state index contributed by atoms with van der Waals surface area (Å²) in [6.45, 7) is 6.67. The van der Waals surface area contributed by atoms with Crippen molar-refractivity contribution in [1.29, 1.82) is 0 Å². The molecule has 1 aliphatic rings. The molecule has 1 aliphatic heterocycles. The molecule has 0 aliphatic carbocycles. The van der Waals surface area contributed by atoms with Crippen molar-refractivity contribution >= 4 is 17.3 Å². The first-order chi connectivity index (χ1) is 8.56. The second-order valence-corrected chi connectivity index (χ2v) is 5.73. The van der Waals surface area contributed by atoms with Crippen molar-refractivity contribution in [2.45, 2.75) is 32.7 Å². The van der Waals surface area contributed by atoms with Gasteiger partial charge in [0.1, 0.15) is 5.15 Å². The Morgan fingerprint density at radius 1 is 1.39 bits per heavy atom. The molecule has 0 radical (unpaired) electrons. The van der Waals surface area contributed by atoms with E-state index < -0.39 is 0 Å². The van der Waals surface area contributed by atoms with Gasteiger partial charge in [-0.1, -0.05) is 11.6 Å². The summed E-state index contributed by atoms with van der Waals surface area (Å²) in [5, 5.41) is 4.14. The minimum atomic E-state index is 0.486. The van der Waals surface area contributed by atoms with E-state index in [9.17, 15) is 0 Å². The van der Waals surface area contributed by atoms with Gasteiger partial charge < -0.3 is 10.2 Å². The lowest BCUT2D eigenvalue weighted by atomic mass is 9.90. The Morgan fingerprint density at radius 2 is 2.06 bits per heavy atom. The highest BCUT2D eigenvalue weighted by Gasteiger charge is 2.22. The lowest BCUT2D eigenvalue weighted by molar-refractivity contribution is 0.208. The summed E-state index contributed by atoms with van der Waals surface area (Å²) < 4.78 is 0. The molecule has 1 fully saturated rings. The molecule has 18 heavy (non-hydrogen) atoms. The second-order valence-electron chi connectivity index (χ2n) is 5.34. The van der Waals surface area contributed by atoms with E-state index >= 15 is 0 Å². The van der Waals surface area contributed by atoms with Crippen LogP contribution >= 0.6 is 11.6 Å². The summed E-state index contributed by atoms with van der Waals surface area (Å²) in [4.78, 5) is 6.68. The highest BCUT2D eigenvalue weighted by Crippen LogP contribution is 2.24. The molecule has 1 unspecified atom stereocenters. The van der Waals surface area contributed by atoms with Gasteiger partial charge in [0.15, 0.2) is 0 Å². The summed E-state index contributed by atoms with van der Waals surface area (Å²) in [6.07, 6.45) is 2.54. The predicted molar refractivity (Wildman–Crippen MR) is 77.3 cm³/mol. The van der Waals surface area contributed by atoms with Crippen LogP contribution in [0.1, 0.15) is 25.5 Å². The number of halogens is 1. The van der Waals surface area contributed by atoms with Crippen LogP contribution in [0.5, 0.6) is 0 Å². The maximum absolute atomic E-state index is 5.87. The van der Waals surface area contributed by atoms with Crippen LogP contribution in [-0.2, 0) is 0 Å². The third-order valence-corrected chi connectivity index (χ3v) is 4.12. The average Bonchev–Trinajstić information content (AvgIpc) is 2.33. The van der Waals surface area contributed by atoms with Gasteiger partial charge in [-0.25, -0.2) is 4.98 Å². The van der Waals surface area contributed by atoms with Crippen LogP contribution in [0.4, 0.5) is 5.69 Å². The highest BCUT2D eigenvalue weighted by atomic mass is 35.5. The van der Waals surface area contributed by atoms with Crippen molar-refractivity contribution in [2.24, 2.45) is 5.92 Å². The maximum atomic E-state index is 5.87. The van der Waals surface area contributed by atoms with Crippen molar-refractivity contribution < 1.29 is 0 Å². The van der Waals surface area contributed by atoms with Crippen molar-refractivity contribution in [2.75, 3.05) is 25.5 Å². The molecular formula is C14H22ClN3. The standard InChI is InChI=1S/C14H22ClN3/c1-10(12-6-8-18(3)9-7-12)16-13-4-5-14(15)17-11(13)2/h4-5,10,12,16H,6-9H2,1-3H3. The Labute approximate surface area is 115 Å². The molecule has 1 aromatic heterocycles. The Hall–Kier alpha value is -0.800. The molecule has 1 N–H and O–H groups in total.